The zero-order chi connectivity index (χ0) is 18.2. The number of hydrogen-bond acceptors (Lipinski definition) is 4. The second kappa shape index (κ2) is 8.45. The van der Waals surface area contributed by atoms with Gasteiger partial charge in [-0.2, -0.15) is 10.4 Å². The van der Waals surface area contributed by atoms with Crippen LogP contribution in [-0.4, -0.2) is 12.1 Å². The molecule has 0 aliphatic carbocycles. The standard InChI is InChI=1S/C21H17N3O2/c22-13-12-21(25)24-23-14-16-8-10-19(11-9-16)26-15-18-6-3-5-17-4-1-2-7-20(17)18/h1-11,14H,12,15H2,(H,24,25)/b23-14+. The first-order valence-corrected chi connectivity index (χ1v) is 8.14. The summed E-state index contributed by atoms with van der Waals surface area (Å²) in [6.07, 6.45) is 1.31. The van der Waals surface area contributed by atoms with E-state index in [4.69, 9.17) is 10.00 Å². The van der Waals surface area contributed by atoms with Crippen LogP contribution in [0.25, 0.3) is 10.8 Å². The number of nitrogens with zero attached hydrogens (tertiary/aromatic N) is 2. The van der Waals surface area contributed by atoms with Crippen LogP contribution < -0.4 is 10.2 Å². The van der Waals surface area contributed by atoms with Gasteiger partial charge in [0.15, 0.2) is 0 Å². The van der Waals surface area contributed by atoms with E-state index in [2.05, 4.69) is 34.8 Å². The van der Waals surface area contributed by atoms with E-state index in [-0.39, 0.29) is 6.42 Å². The molecule has 5 heteroatoms. The molecule has 0 saturated heterocycles. The monoisotopic (exact) mass is 343 g/mol. The maximum Gasteiger partial charge on any atom is 0.254 e. The number of nitrogens with one attached hydrogen (secondary N) is 1. The summed E-state index contributed by atoms with van der Waals surface area (Å²) in [4.78, 5) is 11.1. The van der Waals surface area contributed by atoms with Crippen LogP contribution in [0, 0.1) is 11.3 Å². The lowest BCUT2D eigenvalue weighted by atomic mass is 10.1. The molecule has 3 aromatic carbocycles. The molecule has 128 valence electrons. The Morgan fingerprint density at radius 3 is 2.65 bits per heavy atom. The van der Waals surface area contributed by atoms with Gasteiger partial charge in [-0.15, -0.1) is 0 Å². The summed E-state index contributed by atoms with van der Waals surface area (Å²) in [6, 6.07) is 23.6. The topological polar surface area (TPSA) is 74.5 Å². The van der Waals surface area contributed by atoms with Crippen LogP contribution >= 0.6 is 0 Å². The lowest BCUT2D eigenvalue weighted by Gasteiger charge is -2.09. The van der Waals surface area contributed by atoms with Crippen molar-refractivity contribution >= 4 is 22.9 Å². The number of nitriles is 1. The second-order valence-corrected chi connectivity index (χ2v) is 5.62. The van der Waals surface area contributed by atoms with Crippen molar-refractivity contribution in [3.8, 4) is 11.8 Å². The van der Waals surface area contributed by atoms with E-state index in [9.17, 15) is 4.79 Å². The molecule has 1 amide bonds. The number of carbonyl (C=O) groups excluding carboxylic acids is 1. The molecule has 1 N–H and O–H groups in total. The van der Waals surface area contributed by atoms with Crippen LogP contribution in [0.1, 0.15) is 17.5 Å². The van der Waals surface area contributed by atoms with Gasteiger partial charge >= 0.3 is 0 Å². The van der Waals surface area contributed by atoms with Crippen LogP contribution in [0.4, 0.5) is 0 Å². The number of fused-ring (bicyclic) bond motifs is 1. The number of benzene rings is 3. The molecule has 0 aliphatic heterocycles. The summed E-state index contributed by atoms with van der Waals surface area (Å²) in [5, 5.41) is 14.6. The summed E-state index contributed by atoms with van der Waals surface area (Å²) < 4.78 is 5.88. The maximum atomic E-state index is 11.1. The largest absolute Gasteiger partial charge is 0.489 e. The van der Waals surface area contributed by atoms with Crippen LogP contribution in [-0.2, 0) is 11.4 Å². The Morgan fingerprint density at radius 1 is 1.08 bits per heavy atom. The molecule has 0 atom stereocenters. The van der Waals surface area contributed by atoms with Crippen molar-refractivity contribution < 1.29 is 9.53 Å². The summed E-state index contributed by atoms with van der Waals surface area (Å²) in [6.45, 7) is 0.485. The van der Waals surface area contributed by atoms with Gasteiger partial charge < -0.3 is 4.74 Å². The van der Waals surface area contributed by atoms with Crippen molar-refractivity contribution in [3.63, 3.8) is 0 Å². The fraction of sp³-hybridized carbons (Fsp3) is 0.0952. The molecule has 0 fully saturated rings. The third-order valence-electron chi connectivity index (χ3n) is 3.80. The molecular weight excluding hydrogens is 326 g/mol. The summed E-state index contributed by atoms with van der Waals surface area (Å²) >= 11 is 0. The molecule has 0 spiro atoms. The van der Waals surface area contributed by atoms with Crippen LogP contribution in [0.2, 0.25) is 0 Å². The van der Waals surface area contributed by atoms with E-state index in [1.807, 2.05) is 42.5 Å². The molecule has 0 aliphatic rings. The lowest BCUT2D eigenvalue weighted by molar-refractivity contribution is -0.120. The van der Waals surface area contributed by atoms with E-state index in [1.54, 1.807) is 6.07 Å². The van der Waals surface area contributed by atoms with Gasteiger partial charge in [0.1, 0.15) is 18.8 Å². The first-order chi connectivity index (χ1) is 12.8. The van der Waals surface area contributed by atoms with Gasteiger partial charge in [-0.05, 0) is 46.2 Å². The van der Waals surface area contributed by atoms with E-state index in [1.165, 1.54) is 17.0 Å². The first kappa shape index (κ1) is 17.2. The Morgan fingerprint density at radius 2 is 1.85 bits per heavy atom. The van der Waals surface area contributed by atoms with E-state index in [0.717, 1.165) is 16.9 Å². The van der Waals surface area contributed by atoms with Crippen LogP contribution in [0.3, 0.4) is 0 Å². The van der Waals surface area contributed by atoms with Crippen LogP contribution in [0.15, 0.2) is 71.8 Å². The highest BCUT2D eigenvalue weighted by Crippen LogP contribution is 2.20. The van der Waals surface area contributed by atoms with E-state index >= 15 is 0 Å². The Bertz CT molecular complexity index is 967. The number of ether oxygens (including phenoxy) is 1. The average Bonchev–Trinajstić information content (AvgIpc) is 2.67. The third kappa shape index (κ3) is 4.46. The Labute approximate surface area is 151 Å². The Balaban J connectivity index is 1.60. The molecule has 3 rings (SSSR count). The summed E-state index contributed by atoms with van der Waals surface area (Å²) in [5.74, 6) is 0.322. The number of carbonyl (C=O) groups is 1. The van der Waals surface area contributed by atoms with Crippen molar-refractivity contribution in [3.05, 3.63) is 77.9 Å². The molecule has 26 heavy (non-hydrogen) atoms. The maximum absolute atomic E-state index is 11.1. The zero-order valence-electron chi connectivity index (χ0n) is 14.1. The SMILES string of the molecule is N#CCC(=O)N/N=C/c1ccc(OCc2cccc3ccccc23)cc1. The Kier molecular flexibility index (Phi) is 5.58. The van der Waals surface area contributed by atoms with Gasteiger partial charge in [0.25, 0.3) is 5.91 Å². The fourth-order valence-corrected chi connectivity index (χ4v) is 2.52. The first-order valence-electron chi connectivity index (χ1n) is 8.14. The second-order valence-electron chi connectivity index (χ2n) is 5.62. The fourth-order valence-electron chi connectivity index (χ4n) is 2.52. The quantitative estimate of drug-likeness (QED) is 0.547. The normalized spacial score (nSPS) is 10.6. The molecule has 0 radical (unpaired) electrons. The van der Waals surface area contributed by atoms with Gasteiger partial charge in [0.2, 0.25) is 0 Å². The molecule has 0 bridgehead atoms. The smallest absolute Gasteiger partial charge is 0.254 e. The molecule has 3 aromatic rings. The highest BCUT2D eigenvalue weighted by atomic mass is 16.5. The number of hydrogen-bond donors (Lipinski definition) is 1. The van der Waals surface area contributed by atoms with Gasteiger partial charge in [-0.3, -0.25) is 4.79 Å². The highest BCUT2D eigenvalue weighted by molar-refractivity contribution is 5.85. The average molecular weight is 343 g/mol. The van der Waals surface area contributed by atoms with Gasteiger partial charge in [0, 0.05) is 0 Å². The minimum atomic E-state index is -0.432. The molecule has 0 unspecified atom stereocenters. The predicted octanol–water partition coefficient (Wildman–Crippen LogP) is 3.78. The number of hydrazone groups is 1. The lowest BCUT2D eigenvalue weighted by Crippen LogP contribution is -2.16. The predicted molar refractivity (Wildman–Crippen MR) is 101 cm³/mol. The molecule has 0 heterocycles. The molecular formula is C21H17N3O2. The molecule has 0 aromatic heterocycles. The van der Waals surface area contributed by atoms with Crippen molar-refractivity contribution in [2.45, 2.75) is 13.0 Å². The van der Waals surface area contributed by atoms with Crippen molar-refractivity contribution in [2.24, 2.45) is 5.10 Å². The van der Waals surface area contributed by atoms with E-state index in [0.29, 0.717) is 6.61 Å². The van der Waals surface area contributed by atoms with Crippen molar-refractivity contribution in [1.82, 2.24) is 5.43 Å². The number of amides is 1. The Hall–Kier alpha value is -3.65. The van der Waals surface area contributed by atoms with Crippen molar-refractivity contribution in [1.29, 1.82) is 5.26 Å². The minimum Gasteiger partial charge on any atom is -0.489 e. The molecule has 5 nitrogen and oxygen atoms in total. The summed E-state index contributed by atoms with van der Waals surface area (Å²) in [5.41, 5.74) is 4.24. The van der Waals surface area contributed by atoms with Crippen LogP contribution in [0.5, 0.6) is 5.75 Å². The van der Waals surface area contributed by atoms with Gasteiger partial charge in [-0.1, -0.05) is 42.5 Å². The minimum absolute atomic E-state index is 0.210. The van der Waals surface area contributed by atoms with E-state index < -0.39 is 5.91 Å². The van der Waals surface area contributed by atoms with Gasteiger partial charge in [-0.25, -0.2) is 5.43 Å². The number of rotatable bonds is 6. The third-order valence-corrected chi connectivity index (χ3v) is 3.80. The van der Waals surface area contributed by atoms with Gasteiger partial charge in [0.05, 0.1) is 12.3 Å². The van der Waals surface area contributed by atoms with Crippen molar-refractivity contribution in [2.75, 3.05) is 0 Å². The summed E-state index contributed by atoms with van der Waals surface area (Å²) in [7, 11) is 0. The zero-order valence-corrected chi connectivity index (χ0v) is 14.1. The highest BCUT2D eigenvalue weighted by Gasteiger charge is 2.02. The molecule has 0 saturated carbocycles.